The van der Waals surface area contributed by atoms with Gasteiger partial charge in [-0.1, -0.05) is 35.3 Å². The van der Waals surface area contributed by atoms with Gasteiger partial charge in [0.1, 0.15) is 0 Å². The Morgan fingerprint density at radius 3 is 2.74 bits per heavy atom. The Kier molecular flexibility index (Phi) is 3.13. The summed E-state index contributed by atoms with van der Waals surface area (Å²) in [6.45, 7) is 2.02. The maximum absolute atomic E-state index is 6.18. The van der Waals surface area contributed by atoms with Crippen LogP contribution in [0.1, 0.15) is 5.56 Å². The zero-order valence-electron chi connectivity index (χ0n) is 10.1. The van der Waals surface area contributed by atoms with Gasteiger partial charge in [-0.25, -0.2) is 0 Å². The standard InChI is InChI=1S/C14H10Cl2N2S/c1-8-5-6-9(15)7-12(8)18-11-4-2-3-10(16)13(11)17-14(18)19/h2-7H,1H3,(H,17,19). The van der Waals surface area contributed by atoms with Crippen molar-refractivity contribution in [1.82, 2.24) is 9.55 Å². The van der Waals surface area contributed by atoms with Crippen LogP contribution in [-0.4, -0.2) is 9.55 Å². The lowest BCUT2D eigenvalue weighted by molar-refractivity contribution is 1.05. The van der Waals surface area contributed by atoms with Crippen LogP contribution >= 0.6 is 35.4 Å². The first-order chi connectivity index (χ1) is 9.08. The minimum Gasteiger partial charge on any atom is -0.329 e. The molecule has 3 rings (SSSR count). The summed E-state index contributed by atoms with van der Waals surface area (Å²) in [6.07, 6.45) is 0. The van der Waals surface area contributed by atoms with E-state index >= 15 is 0 Å². The second-order valence-electron chi connectivity index (χ2n) is 4.33. The maximum Gasteiger partial charge on any atom is 0.182 e. The first kappa shape index (κ1) is 12.7. The molecule has 2 nitrogen and oxygen atoms in total. The number of nitrogens with zero attached hydrogens (tertiary/aromatic N) is 1. The SMILES string of the molecule is Cc1ccc(Cl)cc1-n1c(=S)[nH]c2c(Cl)cccc21. The molecule has 5 heteroatoms. The van der Waals surface area contributed by atoms with Crippen molar-refractivity contribution < 1.29 is 0 Å². The highest BCUT2D eigenvalue weighted by atomic mass is 35.5. The number of imidazole rings is 1. The average Bonchev–Trinajstić information content (AvgIpc) is 2.70. The van der Waals surface area contributed by atoms with Crippen LogP contribution < -0.4 is 0 Å². The third-order valence-corrected chi connectivity index (χ3v) is 3.91. The number of rotatable bonds is 1. The molecule has 0 saturated heterocycles. The number of para-hydroxylation sites is 1. The van der Waals surface area contributed by atoms with E-state index in [1.807, 2.05) is 47.9 Å². The minimum absolute atomic E-state index is 0.605. The number of aromatic nitrogens is 2. The highest BCUT2D eigenvalue weighted by molar-refractivity contribution is 7.71. The lowest BCUT2D eigenvalue weighted by atomic mass is 10.2. The van der Waals surface area contributed by atoms with Crippen molar-refractivity contribution >= 4 is 46.5 Å². The molecule has 1 N–H and O–H groups in total. The van der Waals surface area contributed by atoms with Crippen LogP contribution in [-0.2, 0) is 0 Å². The molecule has 1 heterocycles. The quantitative estimate of drug-likeness (QED) is 0.605. The summed E-state index contributed by atoms with van der Waals surface area (Å²) >= 11 is 17.7. The fourth-order valence-electron chi connectivity index (χ4n) is 2.16. The molecule has 0 aliphatic heterocycles. The lowest BCUT2D eigenvalue weighted by Crippen LogP contribution is -1.96. The second-order valence-corrected chi connectivity index (χ2v) is 5.56. The van der Waals surface area contributed by atoms with Gasteiger partial charge in [0.25, 0.3) is 0 Å². The Labute approximate surface area is 125 Å². The highest BCUT2D eigenvalue weighted by Gasteiger charge is 2.11. The van der Waals surface area contributed by atoms with E-state index < -0.39 is 0 Å². The van der Waals surface area contributed by atoms with E-state index in [4.69, 9.17) is 35.4 Å². The summed E-state index contributed by atoms with van der Waals surface area (Å²) in [5.74, 6) is 0. The van der Waals surface area contributed by atoms with E-state index in [2.05, 4.69) is 4.98 Å². The van der Waals surface area contributed by atoms with Gasteiger partial charge in [0.05, 0.1) is 21.7 Å². The van der Waals surface area contributed by atoms with Crippen LogP contribution in [0.5, 0.6) is 0 Å². The summed E-state index contributed by atoms with van der Waals surface area (Å²) in [7, 11) is 0. The van der Waals surface area contributed by atoms with Crippen LogP contribution in [0.15, 0.2) is 36.4 Å². The molecular weight excluding hydrogens is 299 g/mol. The van der Waals surface area contributed by atoms with Gasteiger partial charge in [0.2, 0.25) is 0 Å². The number of aromatic amines is 1. The zero-order valence-corrected chi connectivity index (χ0v) is 12.4. The summed E-state index contributed by atoms with van der Waals surface area (Å²) in [4.78, 5) is 3.14. The Balaban J connectivity index is 2.43. The summed E-state index contributed by atoms with van der Waals surface area (Å²) in [5.41, 5.74) is 3.85. The predicted octanol–water partition coefficient (Wildman–Crippen LogP) is 5.30. The van der Waals surface area contributed by atoms with E-state index in [1.165, 1.54) is 0 Å². The Hall–Kier alpha value is -1.29. The smallest absolute Gasteiger partial charge is 0.182 e. The molecule has 0 unspecified atom stereocenters. The fourth-order valence-corrected chi connectivity index (χ4v) is 2.84. The van der Waals surface area contributed by atoms with Crippen molar-refractivity contribution in [2.45, 2.75) is 6.92 Å². The number of nitrogens with one attached hydrogen (secondary N) is 1. The van der Waals surface area contributed by atoms with Gasteiger partial charge in [-0.3, -0.25) is 4.57 Å². The van der Waals surface area contributed by atoms with Crippen LogP contribution in [0, 0.1) is 11.7 Å². The fraction of sp³-hybridized carbons (Fsp3) is 0.0714. The molecule has 0 aliphatic rings. The van der Waals surface area contributed by atoms with E-state index in [1.54, 1.807) is 0 Å². The number of hydrogen-bond donors (Lipinski definition) is 1. The van der Waals surface area contributed by atoms with Crippen molar-refractivity contribution in [1.29, 1.82) is 0 Å². The largest absolute Gasteiger partial charge is 0.329 e. The van der Waals surface area contributed by atoms with Gasteiger partial charge in [-0.2, -0.15) is 0 Å². The van der Waals surface area contributed by atoms with Gasteiger partial charge in [-0.15, -0.1) is 0 Å². The molecule has 0 bridgehead atoms. The monoisotopic (exact) mass is 308 g/mol. The van der Waals surface area contributed by atoms with Gasteiger partial charge >= 0.3 is 0 Å². The van der Waals surface area contributed by atoms with Gasteiger partial charge < -0.3 is 4.98 Å². The number of H-pyrrole nitrogens is 1. The lowest BCUT2D eigenvalue weighted by Gasteiger charge is -2.09. The van der Waals surface area contributed by atoms with Crippen molar-refractivity contribution in [2.24, 2.45) is 0 Å². The molecule has 0 spiro atoms. The number of halogens is 2. The minimum atomic E-state index is 0.605. The zero-order chi connectivity index (χ0) is 13.6. The van der Waals surface area contributed by atoms with Crippen LogP contribution in [0.4, 0.5) is 0 Å². The van der Waals surface area contributed by atoms with E-state index in [-0.39, 0.29) is 0 Å². The maximum atomic E-state index is 6.18. The van der Waals surface area contributed by atoms with Crippen LogP contribution in [0.3, 0.4) is 0 Å². The highest BCUT2D eigenvalue weighted by Crippen LogP contribution is 2.28. The van der Waals surface area contributed by atoms with Crippen LogP contribution in [0.25, 0.3) is 16.7 Å². The average molecular weight is 309 g/mol. The Morgan fingerprint density at radius 1 is 1.16 bits per heavy atom. The number of hydrogen-bond acceptors (Lipinski definition) is 1. The second kappa shape index (κ2) is 4.67. The summed E-state index contributed by atoms with van der Waals surface area (Å²) < 4.78 is 2.56. The van der Waals surface area contributed by atoms with E-state index in [0.717, 1.165) is 22.3 Å². The molecule has 96 valence electrons. The van der Waals surface area contributed by atoms with E-state index in [0.29, 0.717) is 14.8 Å². The van der Waals surface area contributed by atoms with Crippen molar-refractivity contribution in [3.63, 3.8) is 0 Å². The van der Waals surface area contributed by atoms with Crippen LogP contribution in [0.2, 0.25) is 10.0 Å². The number of benzene rings is 2. The van der Waals surface area contributed by atoms with Gasteiger partial charge in [-0.05, 0) is 49.0 Å². The molecule has 0 amide bonds. The van der Waals surface area contributed by atoms with E-state index in [9.17, 15) is 0 Å². The molecule has 2 aromatic carbocycles. The molecule has 0 fully saturated rings. The molecule has 0 atom stereocenters. The normalized spacial score (nSPS) is 11.1. The van der Waals surface area contributed by atoms with Crippen molar-refractivity contribution in [2.75, 3.05) is 0 Å². The van der Waals surface area contributed by atoms with Crippen molar-refractivity contribution in [3.8, 4) is 5.69 Å². The summed E-state index contributed by atoms with van der Waals surface area (Å²) in [6, 6.07) is 11.5. The first-order valence-corrected chi connectivity index (χ1v) is 6.90. The number of fused-ring (bicyclic) bond motifs is 1. The molecule has 0 saturated carbocycles. The topological polar surface area (TPSA) is 20.7 Å². The molecule has 19 heavy (non-hydrogen) atoms. The third-order valence-electron chi connectivity index (χ3n) is 3.08. The first-order valence-electron chi connectivity index (χ1n) is 5.73. The summed E-state index contributed by atoms with van der Waals surface area (Å²) in [5, 5.41) is 1.33. The third kappa shape index (κ3) is 2.08. The van der Waals surface area contributed by atoms with Gasteiger partial charge in [0.15, 0.2) is 4.77 Å². The molecule has 1 aromatic heterocycles. The molecular formula is C14H10Cl2N2S. The molecule has 3 aromatic rings. The molecule has 0 aliphatic carbocycles. The number of aryl methyl sites for hydroxylation is 1. The predicted molar refractivity (Wildman–Crippen MR) is 83.2 cm³/mol. The Morgan fingerprint density at radius 2 is 1.95 bits per heavy atom. The van der Waals surface area contributed by atoms with Crippen molar-refractivity contribution in [3.05, 3.63) is 56.8 Å². The Bertz CT molecular complexity index is 833. The van der Waals surface area contributed by atoms with Gasteiger partial charge in [0, 0.05) is 5.02 Å². The molecule has 0 radical (unpaired) electrons.